The largest absolute Gasteiger partial charge is 0.322 e. The molecule has 5 aromatic rings. The fourth-order valence-electron chi connectivity index (χ4n) is 3.76. The number of aromatic nitrogens is 2. The van der Waals surface area contributed by atoms with E-state index in [1.165, 1.54) is 21.5 Å². The van der Waals surface area contributed by atoms with Crippen LogP contribution in [0.5, 0.6) is 0 Å². The number of hydrogen-bond acceptors (Lipinski definition) is 2. The Hall–Kier alpha value is -3.30. The Morgan fingerprint density at radius 3 is 2.00 bits per heavy atom. The zero-order valence-corrected chi connectivity index (χ0v) is 17.4. The van der Waals surface area contributed by atoms with Crippen LogP contribution in [0.15, 0.2) is 120 Å². The number of fused-ring (bicyclic) bond motifs is 1. The average Bonchev–Trinajstić information content (AvgIpc) is 3.17. The third kappa shape index (κ3) is 3.89. The van der Waals surface area contributed by atoms with Crippen molar-refractivity contribution in [2.45, 2.75) is 16.7 Å². The molecule has 0 N–H and O–H groups in total. The Bertz CT molecular complexity index is 1230. The lowest BCUT2D eigenvalue weighted by molar-refractivity contribution is 0.757. The summed E-state index contributed by atoms with van der Waals surface area (Å²) in [7, 11) is 0. The van der Waals surface area contributed by atoms with E-state index in [0.717, 1.165) is 17.9 Å². The molecular weight excluding hydrogens is 384 g/mol. The van der Waals surface area contributed by atoms with Gasteiger partial charge in [-0.15, -0.1) is 11.8 Å². The summed E-state index contributed by atoms with van der Waals surface area (Å²) in [6, 6.07) is 40.3. The van der Waals surface area contributed by atoms with Crippen LogP contribution in [0, 0.1) is 0 Å². The molecule has 0 aliphatic heterocycles. The Labute approximate surface area is 181 Å². The number of hydrogen-bond donors (Lipinski definition) is 0. The molecule has 0 fully saturated rings. The van der Waals surface area contributed by atoms with Crippen molar-refractivity contribution in [3.63, 3.8) is 0 Å². The van der Waals surface area contributed by atoms with Crippen LogP contribution in [0.2, 0.25) is 0 Å². The number of nitrogens with zero attached hydrogens (tertiary/aromatic N) is 2. The minimum Gasteiger partial charge on any atom is -0.322 e. The summed E-state index contributed by atoms with van der Waals surface area (Å²) in [6.07, 6.45) is 0. The fourth-order valence-corrected chi connectivity index (χ4v) is 4.92. The van der Waals surface area contributed by atoms with Gasteiger partial charge in [0.2, 0.25) is 0 Å². The molecule has 4 aromatic carbocycles. The minimum atomic E-state index is 0.102. The first-order chi connectivity index (χ1) is 14.9. The molecule has 0 saturated heterocycles. The first kappa shape index (κ1) is 18.7. The zero-order valence-electron chi connectivity index (χ0n) is 16.6. The maximum atomic E-state index is 5.12. The summed E-state index contributed by atoms with van der Waals surface area (Å²) in [5, 5.41) is 0.102. The van der Waals surface area contributed by atoms with Gasteiger partial charge in [-0.25, -0.2) is 4.98 Å². The van der Waals surface area contributed by atoms with Crippen LogP contribution in [-0.2, 0) is 6.54 Å². The maximum absolute atomic E-state index is 5.12. The Kier molecular flexibility index (Phi) is 5.36. The molecule has 1 unspecified atom stereocenters. The van der Waals surface area contributed by atoms with Gasteiger partial charge in [0.05, 0.1) is 16.3 Å². The van der Waals surface area contributed by atoms with Crippen molar-refractivity contribution in [2.75, 3.05) is 0 Å². The molecule has 0 radical (unpaired) electrons. The molecule has 0 aliphatic rings. The summed E-state index contributed by atoms with van der Waals surface area (Å²) in [5.74, 6) is 1.08. The molecule has 2 nitrogen and oxygen atoms in total. The Morgan fingerprint density at radius 1 is 0.667 bits per heavy atom. The fraction of sp³-hybridized carbons (Fsp3) is 0.0741. The second-order valence-corrected chi connectivity index (χ2v) is 8.43. The highest BCUT2D eigenvalue weighted by Crippen LogP contribution is 2.41. The Balaban J connectivity index is 1.66. The van der Waals surface area contributed by atoms with Gasteiger partial charge < -0.3 is 4.57 Å². The Morgan fingerprint density at radius 2 is 1.27 bits per heavy atom. The summed E-state index contributed by atoms with van der Waals surface area (Å²) in [5.41, 5.74) is 4.75. The summed E-state index contributed by atoms with van der Waals surface area (Å²) >= 11 is 1.85. The maximum Gasteiger partial charge on any atom is 0.128 e. The lowest BCUT2D eigenvalue weighted by Crippen LogP contribution is -2.09. The van der Waals surface area contributed by atoms with E-state index in [1.54, 1.807) is 0 Å². The molecule has 1 aromatic heterocycles. The third-order valence-corrected chi connectivity index (χ3v) is 6.46. The topological polar surface area (TPSA) is 17.8 Å². The molecule has 3 heteroatoms. The van der Waals surface area contributed by atoms with E-state index >= 15 is 0 Å². The highest BCUT2D eigenvalue weighted by Gasteiger charge is 2.23. The van der Waals surface area contributed by atoms with Crippen molar-refractivity contribution in [1.29, 1.82) is 0 Å². The smallest absolute Gasteiger partial charge is 0.128 e. The zero-order chi connectivity index (χ0) is 20.2. The lowest BCUT2D eigenvalue weighted by Gasteiger charge is -2.19. The van der Waals surface area contributed by atoms with E-state index in [4.69, 9.17) is 4.98 Å². The number of imidazole rings is 1. The molecule has 0 amide bonds. The number of thioether (sulfide) groups is 1. The second-order valence-electron chi connectivity index (χ2n) is 7.25. The molecule has 1 heterocycles. The van der Waals surface area contributed by atoms with Crippen LogP contribution in [0.4, 0.5) is 0 Å². The highest BCUT2D eigenvalue weighted by atomic mass is 32.2. The van der Waals surface area contributed by atoms with Crippen molar-refractivity contribution >= 4 is 22.8 Å². The standard InChI is InChI=1S/C27H22N2S/c1-4-12-21(13-5-1)20-29-25-19-11-10-18-24(25)28-27(29)26(22-14-6-2-7-15-22)30-23-16-8-3-9-17-23/h1-19,26H,20H2. The summed E-state index contributed by atoms with van der Waals surface area (Å²) in [4.78, 5) is 6.36. The first-order valence-electron chi connectivity index (χ1n) is 10.1. The van der Waals surface area contributed by atoms with Gasteiger partial charge in [-0.3, -0.25) is 0 Å². The number of rotatable bonds is 6. The SMILES string of the molecule is c1ccc(Cn2c(C(Sc3ccccc3)c3ccccc3)nc3ccccc32)cc1. The predicted molar refractivity (Wildman–Crippen MR) is 126 cm³/mol. The molecular formula is C27H22N2S. The molecule has 146 valence electrons. The van der Waals surface area contributed by atoms with E-state index in [0.29, 0.717) is 0 Å². The van der Waals surface area contributed by atoms with Gasteiger partial charge in [-0.2, -0.15) is 0 Å². The third-order valence-electron chi connectivity index (χ3n) is 5.20. The molecule has 5 rings (SSSR count). The van der Waals surface area contributed by atoms with Crippen molar-refractivity contribution in [3.05, 3.63) is 132 Å². The summed E-state index contributed by atoms with van der Waals surface area (Å²) in [6.45, 7) is 0.801. The molecule has 0 bridgehead atoms. The van der Waals surface area contributed by atoms with Gasteiger partial charge in [0.25, 0.3) is 0 Å². The molecule has 0 saturated carbocycles. The predicted octanol–water partition coefficient (Wildman–Crippen LogP) is 6.97. The van der Waals surface area contributed by atoms with Crippen molar-refractivity contribution in [1.82, 2.24) is 9.55 Å². The summed E-state index contributed by atoms with van der Waals surface area (Å²) < 4.78 is 2.37. The first-order valence-corrected chi connectivity index (χ1v) is 11.0. The molecule has 0 spiro atoms. The van der Waals surface area contributed by atoms with E-state index in [1.807, 2.05) is 11.8 Å². The quantitative estimate of drug-likeness (QED) is 0.283. The van der Waals surface area contributed by atoms with Crippen LogP contribution in [-0.4, -0.2) is 9.55 Å². The van der Waals surface area contributed by atoms with Crippen molar-refractivity contribution in [2.24, 2.45) is 0 Å². The van der Waals surface area contributed by atoms with E-state index in [9.17, 15) is 0 Å². The van der Waals surface area contributed by atoms with Crippen LogP contribution in [0.3, 0.4) is 0 Å². The van der Waals surface area contributed by atoms with Crippen molar-refractivity contribution in [3.8, 4) is 0 Å². The normalized spacial score (nSPS) is 12.1. The minimum absolute atomic E-state index is 0.102. The number of benzene rings is 4. The second kappa shape index (κ2) is 8.60. The van der Waals surface area contributed by atoms with Gasteiger partial charge in [0, 0.05) is 11.4 Å². The van der Waals surface area contributed by atoms with E-state index < -0.39 is 0 Å². The van der Waals surface area contributed by atoms with Gasteiger partial charge in [0.15, 0.2) is 0 Å². The van der Waals surface area contributed by atoms with Gasteiger partial charge >= 0.3 is 0 Å². The van der Waals surface area contributed by atoms with E-state index in [-0.39, 0.29) is 5.25 Å². The van der Waals surface area contributed by atoms with Crippen LogP contribution in [0.25, 0.3) is 11.0 Å². The molecule has 0 aliphatic carbocycles. The number of para-hydroxylation sites is 2. The average molecular weight is 407 g/mol. The highest BCUT2D eigenvalue weighted by molar-refractivity contribution is 7.99. The van der Waals surface area contributed by atoms with Crippen LogP contribution < -0.4 is 0 Å². The van der Waals surface area contributed by atoms with Crippen molar-refractivity contribution < 1.29 is 0 Å². The molecule has 1 atom stereocenters. The van der Waals surface area contributed by atoms with Gasteiger partial charge in [-0.1, -0.05) is 91.0 Å². The van der Waals surface area contributed by atoms with Crippen LogP contribution in [0.1, 0.15) is 22.2 Å². The monoisotopic (exact) mass is 406 g/mol. The van der Waals surface area contributed by atoms with E-state index in [2.05, 4.69) is 120 Å². The lowest BCUT2D eigenvalue weighted by atomic mass is 10.1. The van der Waals surface area contributed by atoms with Gasteiger partial charge in [0.1, 0.15) is 5.82 Å². The van der Waals surface area contributed by atoms with Gasteiger partial charge in [-0.05, 0) is 35.4 Å². The molecule has 30 heavy (non-hydrogen) atoms. The van der Waals surface area contributed by atoms with Crippen LogP contribution >= 0.6 is 11.8 Å².